The van der Waals surface area contributed by atoms with E-state index in [0.29, 0.717) is 12.8 Å². The van der Waals surface area contributed by atoms with E-state index in [4.69, 9.17) is 9.52 Å². The van der Waals surface area contributed by atoms with Gasteiger partial charge in [0.15, 0.2) is 0 Å². The van der Waals surface area contributed by atoms with Crippen LogP contribution in [-0.2, 0) is 11.2 Å². The first kappa shape index (κ1) is 10.2. The van der Waals surface area contributed by atoms with E-state index in [9.17, 15) is 9.90 Å². The standard InChI is InChI=1S/C11H14O4/c1-6-5-15-9-3-7(4-10(13)14)2-8(12)11(6)9/h5,7-8,12H,2-4H2,1H3,(H,13,14). The van der Waals surface area contributed by atoms with Gasteiger partial charge >= 0.3 is 5.97 Å². The van der Waals surface area contributed by atoms with Crippen LogP contribution in [0.25, 0.3) is 0 Å². The molecule has 2 N–H and O–H groups in total. The van der Waals surface area contributed by atoms with Crippen LogP contribution < -0.4 is 0 Å². The lowest BCUT2D eigenvalue weighted by molar-refractivity contribution is -0.138. The summed E-state index contributed by atoms with van der Waals surface area (Å²) in [5.41, 5.74) is 1.81. The number of carbonyl (C=O) groups is 1. The van der Waals surface area contributed by atoms with Gasteiger partial charge in [-0.3, -0.25) is 4.79 Å². The summed E-state index contributed by atoms with van der Waals surface area (Å²) < 4.78 is 5.32. The zero-order valence-electron chi connectivity index (χ0n) is 8.56. The summed E-state index contributed by atoms with van der Waals surface area (Å²) in [7, 11) is 0. The first-order valence-electron chi connectivity index (χ1n) is 5.04. The number of carboxylic acids is 1. The van der Waals surface area contributed by atoms with Crippen molar-refractivity contribution in [3.63, 3.8) is 0 Å². The van der Waals surface area contributed by atoms with Crippen LogP contribution >= 0.6 is 0 Å². The number of hydrogen-bond acceptors (Lipinski definition) is 3. The van der Waals surface area contributed by atoms with Crippen molar-refractivity contribution in [2.45, 2.75) is 32.3 Å². The highest BCUT2D eigenvalue weighted by Gasteiger charge is 2.30. The topological polar surface area (TPSA) is 70.7 Å². The quantitative estimate of drug-likeness (QED) is 0.778. The molecule has 0 fully saturated rings. The Hall–Kier alpha value is -1.29. The SMILES string of the molecule is Cc1coc2c1C(O)CC(CC(=O)O)C2. The molecule has 82 valence electrons. The van der Waals surface area contributed by atoms with Crippen molar-refractivity contribution in [2.75, 3.05) is 0 Å². The number of rotatable bonds is 2. The molecule has 1 aliphatic carbocycles. The zero-order valence-corrected chi connectivity index (χ0v) is 8.56. The molecule has 0 saturated heterocycles. The minimum Gasteiger partial charge on any atom is -0.481 e. The number of aliphatic hydroxyl groups is 1. The second kappa shape index (κ2) is 3.70. The van der Waals surface area contributed by atoms with Gasteiger partial charge in [0.2, 0.25) is 0 Å². The summed E-state index contributed by atoms with van der Waals surface area (Å²) in [5, 5.41) is 18.6. The van der Waals surface area contributed by atoms with Gasteiger partial charge in [-0.25, -0.2) is 0 Å². The normalized spacial score (nSPS) is 24.9. The number of hydrogen-bond donors (Lipinski definition) is 2. The third-order valence-corrected chi connectivity index (χ3v) is 2.93. The second-order valence-electron chi connectivity index (χ2n) is 4.18. The highest BCUT2D eigenvalue weighted by Crippen LogP contribution is 2.37. The Morgan fingerprint density at radius 2 is 2.40 bits per heavy atom. The fraction of sp³-hybridized carbons (Fsp3) is 0.545. The Balaban J connectivity index is 2.20. The Bertz CT molecular complexity index is 380. The molecule has 0 spiro atoms. The van der Waals surface area contributed by atoms with Crippen molar-refractivity contribution < 1.29 is 19.4 Å². The first-order valence-corrected chi connectivity index (χ1v) is 5.04. The molecule has 2 unspecified atom stereocenters. The van der Waals surface area contributed by atoms with Crippen LogP contribution in [0, 0.1) is 12.8 Å². The smallest absolute Gasteiger partial charge is 0.303 e. The number of aliphatic hydroxyl groups excluding tert-OH is 1. The predicted octanol–water partition coefficient (Wildman–Crippen LogP) is 1.66. The number of furan rings is 1. The summed E-state index contributed by atoms with van der Waals surface area (Å²) in [6.45, 7) is 1.89. The number of fused-ring (bicyclic) bond motifs is 1. The maximum atomic E-state index is 10.6. The van der Waals surface area contributed by atoms with E-state index in [1.165, 1.54) is 0 Å². The maximum absolute atomic E-state index is 10.6. The monoisotopic (exact) mass is 210 g/mol. The van der Waals surface area contributed by atoms with Crippen molar-refractivity contribution in [1.29, 1.82) is 0 Å². The number of aliphatic carboxylic acids is 1. The summed E-state index contributed by atoms with van der Waals surface area (Å²) in [6.07, 6.45) is 2.27. The van der Waals surface area contributed by atoms with E-state index in [-0.39, 0.29) is 12.3 Å². The molecule has 1 aliphatic rings. The molecule has 4 nitrogen and oxygen atoms in total. The van der Waals surface area contributed by atoms with Crippen LogP contribution in [0.5, 0.6) is 0 Å². The van der Waals surface area contributed by atoms with Gasteiger partial charge in [-0.2, -0.15) is 0 Å². The molecular formula is C11H14O4. The summed E-state index contributed by atoms with van der Waals surface area (Å²) >= 11 is 0. The van der Waals surface area contributed by atoms with Crippen LogP contribution in [0.3, 0.4) is 0 Å². The molecule has 0 saturated carbocycles. The van der Waals surface area contributed by atoms with Crippen molar-refractivity contribution in [1.82, 2.24) is 0 Å². The van der Waals surface area contributed by atoms with Gasteiger partial charge in [0.1, 0.15) is 5.76 Å². The second-order valence-corrected chi connectivity index (χ2v) is 4.18. The molecule has 2 rings (SSSR count). The molecule has 1 aromatic heterocycles. The number of carboxylic acid groups (broad SMARTS) is 1. The van der Waals surface area contributed by atoms with Crippen LogP contribution in [0.2, 0.25) is 0 Å². The predicted molar refractivity (Wildman–Crippen MR) is 52.5 cm³/mol. The molecular weight excluding hydrogens is 196 g/mol. The highest BCUT2D eigenvalue weighted by molar-refractivity contribution is 5.67. The van der Waals surface area contributed by atoms with Crippen molar-refractivity contribution >= 4 is 5.97 Å². The van der Waals surface area contributed by atoms with Gasteiger partial charge in [0.25, 0.3) is 0 Å². The molecule has 4 heteroatoms. The van der Waals surface area contributed by atoms with Crippen molar-refractivity contribution in [2.24, 2.45) is 5.92 Å². The Morgan fingerprint density at radius 3 is 3.07 bits per heavy atom. The summed E-state index contributed by atoms with van der Waals surface area (Å²) in [4.78, 5) is 10.6. The minimum absolute atomic E-state index is 0.0180. The van der Waals surface area contributed by atoms with Crippen LogP contribution in [-0.4, -0.2) is 16.2 Å². The molecule has 0 bridgehead atoms. The molecule has 0 aromatic carbocycles. The Morgan fingerprint density at radius 1 is 1.67 bits per heavy atom. The number of aryl methyl sites for hydroxylation is 1. The lowest BCUT2D eigenvalue weighted by atomic mass is 9.83. The molecule has 0 aliphatic heterocycles. The van der Waals surface area contributed by atoms with Crippen molar-refractivity contribution in [3.05, 3.63) is 23.2 Å². The van der Waals surface area contributed by atoms with Gasteiger partial charge in [0.05, 0.1) is 12.4 Å². The fourth-order valence-corrected chi connectivity index (χ4v) is 2.29. The van der Waals surface area contributed by atoms with Crippen LogP contribution in [0.1, 0.15) is 35.8 Å². The van der Waals surface area contributed by atoms with Crippen LogP contribution in [0.15, 0.2) is 10.7 Å². The first-order chi connectivity index (χ1) is 7.08. The van der Waals surface area contributed by atoms with E-state index in [0.717, 1.165) is 16.9 Å². The summed E-state index contributed by atoms with van der Waals surface area (Å²) in [6, 6.07) is 0. The largest absolute Gasteiger partial charge is 0.481 e. The van der Waals surface area contributed by atoms with E-state index in [1.807, 2.05) is 6.92 Å². The maximum Gasteiger partial charge on any atom is 0.303 e. The third kappa shape index (κ3) is 1.90. The third-order valence-electron chi connectivity index (χ3n) is 2.93. The lowest BCUT2D eigenvalue weighted by Gasteiger charge is -2.24. The van der Waals surface area contributed by atoms with E-state index >= 15 is 0 Å². The van der Waals surface area contributed by atoms with Gasteiger partial charge in [-0.05, 0) is 24.8 Å². The fourth-order valence-electron chi connectivity index (χ4n) is 2.29. The van der Waals surface area contributed by atoms with Gasteiger partial charge in [-0.1, -0.05) is 0 Å². The molecule has 0 radical (unpaired) electrons. The average molecular weight is 210 g/mol. The molecule has 15 heavy (non-hydrogen) atoms. The highest BCUT2D eigenvalue weighted by atomic mass is 16.4. The molecule has 1 heterocycles. The zero-order chi connectivity index (χ0) is 11.0. The Kier molecular flexibility index (Phi) is 2.52. The van der Waals surface area contributed by atoms with Gasteiger partial charge in [-0.15, -0.1) is 0 Å². The van der Waals surface area contributed by atoms with Gasteiger partial charge < -0.3 is 14.6 Å². The van der Waals surface area contributed by atoms with E-state index in [1.54, 1.807) is 6.26 Å². The summed E-state index contributed by atoms with van der Waals surface area (Å²) in [5.74, 6) is -0.0908. The van der Waals surface area contributed by atoms with Crippen molar-refractivity contribution in [3.8, 4) is 0 Å². The average Bonchev–Trinajstić information content (AvgIpc) is 2.46. The van der Waals surface area contributed by atoms with Crippen LogP contribution in [0.4, 0.5) is 0 Å². The van der Waals surface area contributed by atoms with E-state index in [2.05, 4.69) is 0 Å². The molecule has 2 atom stereocenters. The Labute approximate surface area is 87.5 Å². The van der Waals surface area contributed by atoms with Gasteiger partial charge in [0, 0.05) is 18.4 Å². The van der Waals surface area contributed by atoms with E-state index < -0.39 is 12.1 Å². The lowest BCUT2D eigenvalue weighted by Crippen LogP contribution is -2.20. The molecule has 0 amide bonds. The minimum atomic E-state index is -0.820. The molecule has 1 aromatic rings.